The van der Waals surface area contributed by atoms with Gasteiger partial charge in [-0.05, 0) is 30.5 Å². The Morgan fingerprint density at radius 3 is 2.77 bits per heavy atom. The number of methoxy groups -OCH3 is 1. The van der Waals surface area contributed by atoms with Gasteiger partial charge in [0.2, 0.25) is 0 Å². The van der Waals surface area contributed by atoms with Gasteiger partial charge in [0.05, 0.1) is 17.5 Å². The van der Waals surface area contributed by atoms with E-state index in [-0.39, 0.29) is 4.08 Å². The Hall–Kier alpha value is -1.07. The first-order valence-electron chi connectivity index (χ1n) is 7.68. The van der Waals surface area contributed by atoms with E-state index in [9.17, 15) is 0 Å². The van der Waals surface area contributed by atoms with Crippen molar-refractivity contribution in [3.63, 3.8) is 0 Å². The van der Waals surface area contributed by atoms with Crippen molar-refractivity contribution in [3.05, 3.63) is 48.5 Å². The lowest BCUT2D eigenvalue weighted by Gasteiger charge is -2.29. The second-order valence-electron chi connectivity index (χ2n) is 5.49. The number of benzene rings is 1. The Morgan fingerprint density at radius 2 is 2.18 bits per heavy atom. The molecule has 0 bridgehead atoms. The van der Waals surface area contributed by atoms with Gasteiger partial charge in [-0.1, -0.05) is 19.1 Å². The van der Waals surface area contributed by atoms with Gasteiger partial charge in [0, 0.05) is 29.9 Å². The van der Waals surface area contributed by atoms with Crippen LogP contribution >= 0.6 is 23.5 Å². The molecular formula is C17H22N2OS2. The predicted octanol–water partition coefficient (Wildman–Crippen LogP) is 4.39. The summed E-state index contributed by atoms with van der Waals surface area (Å²) in [6, 6.07) is 8.61. The van der Waals surface area contributed by atoms with E-state index in [0.717, 1.165) is 24.0 Å². The van der Waals surface area contributed by atoms with Crippen molar-refractivity contribution in [1.29, 1.82) is 0 Å². The van der Waals surface area contributed by atoms with Gasteiger partial charge in [-0.3, -0.25) is 0 Å². The molecule has 0 radical (unpaired) electrons. The zero-order chi connectivity index (χ0) is 15.4. The Balaban J connectivity index is 1.82. The highest BCUT2D eigenvalue weighted by Crippen LogP contribution is 2.58. The number of nitrogens with zero attached hydrogens (tertiary/aromatic N) is 2. The summed E-state index contributed by atoms with van der Waals surface area (Å²) in [5.41, 5.74) is 1.40. The average Bonchev–Trinajstić information content (AvgIpc) is 3.23. The summed E-state index contributed by atoms with van der Waals surface area (Å²) in [5, 5.41) is 0.745. The largest absolute Gasteiger partial charge is 0.497 e. The smallest absolute Gasteiger partial charge is 0.118 e. The van der Waals surface area contributed by atoms with E-state index < -0.39 is 0 Å². The van der Waals surface area contributed by atoms with Crippen molar-refractivity contribution in [3.8, 4) is 5.75 Å². The van der Waals surface area contributed by atoms with Crippen LogP contribution in [-0.4, -0.2) is 27.7 Å². The molecule has 0 saturated carbocycles. The number of thioether (sulfide) groups is 2. The normalized spacial score (nSPS) is 24.5. The minimum atomic E-state index is 0.150. The number of aryl methyl sites for hydroxylation is 1. The van der Waals surface area contributed by atoms with Gasteiger partial charge in [0.25, 0.3) is 0 Å². The molecule has 0 N–H and O–H groups in total. The Labute approximate surface area is 140 Å². The number of rotatable bonds is 6. The molecule has 2 unspecified atom stereocenters. The first-order chi connectivity index (χ1) is 10.8. The highest BCUT2D eigenvalue weighted by molar-refractivity contribution is 8.21. The molecule has 118 valence electrons. The third-order valence-corrected chi connectivity index (χ3v) is 8.09. The second-order valence-corrected chi connectivity index (χ2v) is 8.67. The van der Waals surface area contributed by atoms with Crippen LogP contribution in [-0.2, 0) is 10.6 Å². The lowest BCUT2D eigenvalue weighted by molar-refractivity contribution is 0.414. The van der Waals surface area contributed by atoms with E-state index in [4.69, 9.17) is 4.74 Å². The standard InChI is InChI=1S/C17H22N2OS2/c1-3-16-12-21-17(22-16,8-10-19-11-9-18-13-19)14-4-6-15(20-2)7-5-14/h4-7,9,11,13,16H,3,8,10,12H2,1-2H3. The molecule has 1 aliphatic heterocycles. The lowest BCUT2D eigenvalue weighted by atomic mass is 10.1. The summed E-state index contributed by atoms with van der Waals surface area (Å²) in [4.78, 5) is 4.15. The van der Waals surface area contributed by atoms with Crippen LogP contribution in [0.25, 0.3) is 0 Å². The van der Waals surface area contributed by atoms with Crippen LogP contribution in [0.3, 0.4) is 0 Å². The predicted molar refractivity (Wildman–Crippen MR) is 95.6 cm³/mol. The number of ether oxygens (including phenoxy) is 1. The van der Waals surface area contributed by atoms with E-state index in [2.05, 4.69) is 64.3 Å². The minimum absolute atomic E-state index is 0.150. The van der Waals surface area contributed by atoms with E-state index >= 15 is 0 Å². The zero-order valence-electron chi connectivity index (χ0n) is 13.1. The lowest BCUT2D eigenvalue weighted by Crippen LogP contribution is -2.18. The van der Waals surface area contributed by atoms with Crippen molar-refractivity contribution in [2.24, 2.45) is 0 Å². The van der Waals surface area contributed by atoms with Crippen LogP contribution in [0.1, 0.15) is 25.3 Å². The molecule has 3 nitrogen and oxygen atoms in total. The molecule has 5 heteroatoms. The summed E-state index contributed by atoms with van der Waals surface area (Å²) in [6.07, 6.45) is 8.15. The molecule has 2 heterocycles. The molecule has 1 fully saturated rings. The fraction of sp³-hybridized carbons (Fsp3) is 0.471. The molecule has 2 atom stereocenters. The minimum Gasteiger partial charge on any atom is -0.497 e. The fourth-order valence-corrected chi connectivity index (χ4v) is 6.51. The van der Waals surface area contributed by atoms with Gasteiger partial charge in [-0.25, -0.2) is 4.98 Å². The first-order valence-corrected chi connectivity index (χ1v) is 9.54. The highest BCUT2D eigenvalue weighted by Gasteiger charge is 2.41. The zero-order valence-corrected chi connectivity index (χ0v) is 14.7. The molecule has 22 heavy (non-hydrogen) atoms. The van der Waals surface area contributed by atoms with Crippen molar-refractivity contribution < 1.29 is 4.74 Å². The second kappa shape index (κ2) is 7.01. The highest BCUT2D eigenvalue weighted by atomic mass is 32.2. The van der Waals surface area contributed by atoms with Crippen LogP contribution in [0.4, 0.5) is 0 Å². The Bertz CT molecular complexity index is 585. The van der Waals surface area contributed by atoms with Crippen LogP contribution in [0.2, 0.25) is 0 Å². The molecule has 3 rings (SSSR count). The summed E-state index contributed by atoms with van der Waals surface area (Å²) in [6.45, 7) is 3.29. The van der Waals surface area contributed by atoms with Crippen LogP contribution in [0.5, 0.6) is 5.75 Å². The van der Waals surface area contributed by atoms with E-state index in [0.29, 0.717) is 0 Å². The first kappa shape index (κ1) is 15.8. The molecule has 0 amide bonds. The maximum absolute atomic E-state index is 5.30. The molecule has 1 aromatic carbocycles. The third kappa shape index (κ3) is 3.30. The molecule has 1 aromatic heterocycles. The molecule has 0 aliphatic carbocycles. The van der Waals surface area contributed by atoms with Gasteiger partial charge >= 0.3 is 0 Å². The fourth-order valence-electron chi connectivity index (χ4n) is 2.73. The van der Waals surface area contributed by atoms with E-state index in [1.165, 1.54) is 17.7 Å². The van der Waals surface area contributed by atoms with Crippen LogP contribution in [0.15, 0.2) is 43.0 Å². The van der Waals surface area contributed by atoms with Gasteiger partial charge in [0.15, 0.2) is 0 Å². The van der Waals surface area contributed by atoms with Gasteiger partial charge in [0.1, 0.15) is 5.75 Å². The number of aromatic nitrogens is 2. The maximum atomic E-state index is 5.30. The average molecular weight is 335 g/mol. The summed E-state index contributed by atoms with van der Waals surface area (Å²) >= 11 is 4.23. The van der Waals surface area contributed by atoms with Crippen molar-refractivity contribution in [2.75, 3.05) is 12.9 Å². The molecule has 1 aliphatic rings. The summed E-state index contributed by atoms with van der Waals surface area (Å²) in [7, 11) is 1.72. The topological polar surface area (TPSA) is 27.1 Å². The Morgan fingerprint density at radius 1 is 1.36 bits per heavy atom. The van der Waals surface area contributed by atoms with Gasteiger partial charge in [-0.15, -0.1) is 23.5 Å². The number of hydrogen-bond acceptors (Lipinski definition) is 4. The van der Waals surface area contributed by atoms with Crippen LogP contribution < -0.4 is 4.74 Å². The summed E-state index contributed by atoms with van der Waals surface area (Å²) in [5.74, 6) is 2.16. The van der Waals surface area contributed by atoms with E-state index in [1.54, 1.807) is 7.11 Å². The number of hydrogen-bond donors (Lipinski definition) is 0. The Kier molecular flexibility index (Phi) is 5.03. The molecule has 1 saturated heterocycles. The van der Waals surface area contributed by atoms with Crippen molar-refractivity contribution in [2.45, 2.75) is 35.6 Å². The summed E-state index contributed by atoms with van der Waals surface area (Å²) < 4.78 is 7.62. The van der Waals surface area contributed by atoms with Gasteiger partial charge < -0.3 is 9.30 Å². The maximum Gasteiger partial charge on any atom is 0.118 e. The van der Waals surface area contributed by atoms with Gasteiger partial charge in [-0.2, -0.15) is 0 Å². The third-order valence-electron chi connectivity index (χ3n) is 4.10. The quantitative estimate of drug-likeness (QED) is 0.783. The monoisotopic (exact) mass is 334 g/mol. The van der Waals surface area contributed by atoms with Crippen molar-refractivity contribution in [1.82, 2.24) is 9.55 Å². The number of imidazole rings is 1. The van der Waals surface area contributed by atoms with Crippen molar-refractivity contribution >= 4 is 23.5 Å². The van der Waals surface area contributed by atoms with Crippen LogP contribution in [0, 0.1) is 0 Å². The molecule has 0 spiro atoms. The van der Waals surface area contributed by atoms with E-state index in [1.807, 2.05) is 18.7 Å². The molecular weight excluding hydrogens is 312 g/mol. The SMILES string of the molecule is CCC1CSC(CCn2ccnc2)(c2ccc(OC)cc2)S1. The molecule has 2 aromatic rings.